The number of nitrogens with two attached hydrogens (primary N) is 1. The lowest BCUT2D eigenvalue weighted by atomic mass is 9.85. The topological polar surface area (TPSA) is 136 Å². The zero-order valence-electron chi connectivity index (χ0n) is 17.0. The lowest BCUT2D eigenvalue weighted by Gasteiger charge is -2.21. The van der Waals surface area contributed by atoms with Crippen LogP contribution in [0.4, 0.5) is 5.00 Å². The molecule has 1 fully saturated rings. The first-order valence-corrected chi connectivity index (χ1v) is 11.0. The van der Waals surface area contributed by atoms with Crippen molar-refractivity contribution in [3.63, 3.8) is 0 Å². The van der Waals surface area contributed by atoms with Gasteiger partial charge in [-0.15, -0.1) is 11.3 Å². The Labute approximate surface area is 182 Å². The first kappa shape index (κ1) is 21.2. The molecule has 1 aromatic rings. The molecule has 2 heterocycles. The average Bonchev–Trinajstić information content (AvgIpc) is 3.38. The van der Waals surface area contributed by atoms with Crippen LogP contribution in [0.2, 0.25) is 0 Å². The molecule has 0 bridgehead atoms. The van der Waals surface area contributed by atoms with Gasteiger partial charge in [-0.3, -0.25) is 24.1 Å². The summed E-state index contributed by atoms with van der Waals surface area (Å²) < 4.78 is 5.05. The number of hydrogen-bond acceptors (Lipinski definition) is 7. The molecule has 9 nitrogen and oxygen atoms in total. The highest BCUT2D eigenvalue weighted by Gasteiger charge is 2.50. The maximum Gasteiger partial charge on any atom is 0.329 e. The summed E-state index contributed by atoms with van der Waals surface area (Å²) in [6.45, 7) is 0.810. The number of thiophene rings is 1. The third-order valence-corrected chi connectivity index (χ3v) is 7.24. The predicted molar refractivity (Wildman–Crippen MR) is 111 cm³/mol. The predicted octanol–water partition coefficient (Wildman–Crippen LogP) is 1.16. The van der Waals surface area contributed by atoms with E-state index >= 15 is 0 Å². The number of amides is 4. The molecule has 164 valence electrons. The van der Waals surface area contributed by atoms with Crippen molar-refractivity contribution in [2.75, 3.05) is 11.9 Å². The quantitative estimate of drug-likeness (QED) is 0.383. The number of carbonyl (C=O) groups excluding carboxylic acids is 5. The Bertz CT molecular complexity index is 987. The number of esters is 1. The molecule has 3 atom stereocenters. The zero-order chi connectivity index (χ0) is 22.3. The number of hydrogen-bond donors (Lipinski definition) is 2. The molecule has 31 heavy (non-hydrogen) atoms. The van der Waals surface area contributed by atoms with E-state index in [-0.39, 0.29) is 11.8 Å². The molecule has 3 aliphatic rings. The Balaban J connectivity index is 1.36. The van der Waals surface area contributed by atoms with Gasteiger partial charge in [0.05, 0.1) is 17.4 Å². The molecular formula is C21H23N3O6S. The van der Waals surface area contributed by atoms with Crippen LogP contribution < -0.4 is 11.1 Å². The molecule has 1 saturated heterocycles. The number of allylic oxidation sites excluding steroid dienone is 2. The van der Waals surface area contributed by atoms with E-state index in [1.54, 1.807) is 0 Å². The average molecular weight is 445 g/mol. The normalized spacial score (nSPS) is 22.8. The summed E-state index contributed by atoms with van der Waals surface area (Å²) in [6, 6.07) is -1.12. The molecular weight excluding hydrogens is 422 g/mol. The number of nitrogens with zero attached hydrogens (tertiary/aromatic N) is 1. The first-order valence-electron chi connectivity index (χ1n) is 10.2. The van der Waals surface area contributed by atoms with Gasteiger partial charge >= 0.3 is 5.97 Å². The number of primary amides is 1. The number of likely N-dealkylation sites (tertiary alicyclic amines) is 1. The van der Waals surface area contributed by atoms with Crippen molar-refractivity contribution < 1.29 is 28.7 Å². The Morgan fingerprint density at radius 1 is 1.19 bits per heavy atom. The molecule has 4 amide bonds. The van der Waals surface area contributed by atoms with Crippen LogP contribution in [0.3, 0.4) is 0 Å². The third-order valence-electron chi connectivity index (χ3n) is 6.04. The molecule has 4 rings (SSSR count). The summed E-state index contributed by atoms with van der Waals surface area (Å²) >= 11 is 1.30. The van der Waals surface area contributed by atoms with Crippen LogP contribution in [0.25, 0.3) is 0 Å². The Morgan fingerprint density at radius 3 is 2.45 bits per heavy atom. The van der Waals surface area contributed by atoms with E-state index < -0.39 is 42.3 Å². The smallest absolute Gasteiger partial charge is 0.329 e. The SMILES string of the molecule is C[C@@H](C(=O)OCC(=O)Nc1sc2c(c1C(N)=O)CCC2)N1C(=O)C2CC=CCC2C1=O. The number of aryl methyl sites for hydroxylation is 1. The molecule has 2 aliphatic carbocycles. The van der Waals surface area contributed by atoms with E-state index in [0.717, 1.165) is 34.6 Å². The van der Waals surface area contributed by atoms with Gasteiger partial charge in [-0.05, 0) is 44.6 Å². The summed E-state index contributed by atoms with van der Waals surface area (Å²) in [4.78, 5) is 63.7. The fraction of sp³-hybridized carbons (Fsp3) is 0.476. The second kappa shape index (κ2) is 8.26. The van der Waals surface area contributed by atoms with E-state index in [1.807, 2.05) is 12.2 Å². The number of ether oxygens (including phenoxy) is 1. The van der Waals surface area contributed by atoms with E-state index in [4.69, 9.17) is 10.5 Å². The van der Waals surface area contributed by atoms with Gasteiger partial charge in [0.2, 0.25) is 11.8 Å². The molecule has 0 spiro atoms. The van der Waals surface area contributed by atoms with Gasteiger partial charge in [0, 0.05) is 4.88 Å². The lowest BCUT2D eigenvalue weighted by molar-refractivity contribution is -0.159. The Morgan fingerprint density at radius 2 is 1.84 bits per heavy atom. The van der Waals surface area contributed by atoms with E-state index in [0.29, 0.717) is 23.4 Å². The number of carbonyl (C=O) groups is 5. The summed E-state index contributed by atoms with van der Waals surface area (Å²) in [5.74, 6) is -3.72. The van der Waals surface area contributed by atoms with Crippen molar-refractivity contribution in [1.82, 2.24) is 4.90 Å². The van der Waals surface area contributed by atoms with E-state index in [9.17, 15) is 24.0 Å². The van der Waals surface area contributed by atoms with Gasteiger partial charge in [-0.1, -0.05) is 12.2 Å². The number of fused-ring (bicyclic) bond motifs is 2. The highest BCUT2D eigenvalue weighted by molar-refractivity contribution is 7.17. The van der Waals surface area contributed by atoms with Gasteiger partial charge < -0.3 is 15.8 Å². The van der Waals surface area contributed by atoms with Crippen molar-refractivity contribution in [1.29, 1.82) is 0 Å². The fourth-order valence-corrected chi connectivity index (χ4v) is 5.80. The molecule has 0 aromatic carbocycles. The summed E-state index contributed by atoms with van der Waals surface area (Å²) in [5.41, 5.74) is 6.66. The standard InChI is InChI=1S/C21H23N3O6S/c1-10(24-19(27)11-5-2-3-6-12(11)20(24)28)21(29)30-9-15(25)23-18-16(17(22)26)13-7-4-8-14(13)31-18/h2-3,10-12H,4-9H2,1H3,(H2,22,26)(H,23,25)/t10-,11?,12?/m0/s1. The third kappa shape index (κ3) is 3.76. The van der Waals surface area contributed by atoms with Crippen LogP contribution in [0.15, 0.2) is 12.2 Å². The fourth-order valence-electron chi connectivity index (χ4n) is 4.49. The summed E-state index contributed by atoms with van der Waals surface area (Å²) in [6.07, 6.45) is 7.19. The molecule has 10 heteroatoms. The molecule has 0 radical (unpaired) electrons. The first-order chi connectivity index (χ1) is 14.8. The molecule has 2 unspecified atom stereocenters. The van der Waals surface area contributed by atoms with Crippen LogP contribution in [0.5, 0.6) is 0 Å². The van der Waals surface area contributed by atoms with E-state index in [2.05, 4.69) is 5.32 Å². The van der Waals surface area contributed by atoms with Crippen molar-refractivity contribution in [2.45, 2.75) is 45.1 Å². The van der Waals surface area contributed by atoms with E-state index in [1.165, 1.54) is 18.3 Å². The second-order valence-corrected chi connectivity index (χ2v) is 9.07. The van der Waals surface area contributed by atoms with Gasteiger partial charge in [0.25, 0.3) is 11.8 Å². The van der Waals surface area contributed by atoms with Crippen LogP contribution in [0.1, 0.15) is 47.0 Å². The highest BCUT2D eigenvalue weighted by atomic mass is 32.1. The molecule has 1 aromatic heterocycles. The maximum absolute atomic E-state index is 12.6. The minimum Gasteiger partial charge on any atom is -0.454 e. The minimum atomic E-state index is -1.12. The van der Waals surface area contributed by atoms with Crippen LogP contribution in [-0.4, -0.2) is 47.1 Å². The number of imide groups is 1. The maximum atomic E-state index is 12.6. The van der Waals surface area contributed by atoms with Gasteiger partial charge in [0.1, 0.15) is 11.0 Å². The summed E-state index contributed by atoms with van der Waals surface area (Å²) in [7, 11) is 0. The second-order valence-electron chi connectivity index (χ2n) is 7.96. The van der Waals surface area contributed by atoms with Gasteiger partial charge in [-0.25, -0.2) is 4.79 Å². The summed E-state index contributed by atoms with van der Waals surface area (Å²) in [5, 5.41) is 2.94. The van der Waals surface area contributed by atoms with Crippen molar-refractivity contribution in [3.8, 4) is 0 Å². The van der Waals surface area contributed by atoms with Crippen LogP contribution in [0, 0.1) is 11.8 Å². The van der Waals surface area contributed by atoms with Crippen molar-refractivity contribution >= 4 is 45.9 Å². The molecule has 1 aliphatic heterocycles. The van der Waals surface area contributed by atoms with Crippen LogP contribution >= 0.6 is 11.3 Å². The Kier molecular flexibility index (Phi) is 5.65. The van der Waals surface area contributed by atoms with Crippen molar-refractivity contribution in [2.24, 2.45) is 17.6 Å². The minimum absolute atomic E-state index is 0.315. The molecule has 0 saturated carbocycles. The lowest BCUT2D eigenvalue weighted by Crippen LogP contribution is -2.45. The Hall–Kier alpha value is -3.01. The molecule has 3 N–H and O–H groups in total. The van der Waals surface area contributed by atoms with Gasteiger partial charge in [0.15, 0.2) is 6.61 Å². The number of nitrogens with one attached hydrogen (secondary N) is 1. The largest absolute Gasteiger partial charge is 0.454 e. The zero-order valence-corrected chi connectivity index (χ0v) is 17.8. The van der Waals surface area contributed by atoms with Gasteiger partial charge in [-0.2, -0.15) is 0 Å². The number of rotatable bonds is 6. The highest BCUT2D eigenvalue weighted by Crippen LogP contribution is 2.39. The number of anilines is 1. The van der Waals surface area contributed by atoms with Crippen LogP contribution in [-0.2, 0) is 36.8 Å². The monoisotopic (exact) mass is 445 g/mol. The van der Waals surface area contributed by atoms with Crippen molar-refractivity contribution in [3.05, 3.63) is 28.2 Å².